The van der Waals surface area contributed by atoms with Gasteiger partial charge in [-0.25, -0.2) is 12.8 Å². The Labute approximate surface area is 124 Å². The van der Waals surface area contributed by atoms with Crippen LogP contribution >= 0.6 is 0 Å². The van der Waals surface area contributed by atoms with Crippen LogP contribution in [-0.4, -0.2) is 15.5 Å². The molecule has 2 aromatic carbocycles. The second-order valence-corrected chi connectivity index (χ2v) is 6.90. The van der Waals surface area contributed by atoms with E-state index in [4.69, 9.17) is 5.73 Å². The van der Waals surface area contributed by atoms with Gasteiger partial charge in [-0.3, -0.25) is 4.31 Å². The van der Waals surface area contributed by atoms with Gasteiger partial charge in [-0.05, 0) is 43.7 Å². The van der Waals surface area contributed by atoms with E-state index in [0.717, 1.165) is 15.9 Å². The van der Waals surface area contributed by atoms with Crippen molar-refractivity contribution in [2.24, 2.45) is 0 Å². The SMILES string of the molecule is Cc1cccc(N(C)S(=O)(=O)c2cc(N)c(C)c(F)c2)c1. The van der Waals surface area contributed by atoms with Crippen molar-refractivity contribution >= 4 is 21.4 Å². The Balaban J connectivity index is 2.52. The van der Waals surface area contributed by atoms with Crippen molar-refractivity contribution in [1.82, 2.24) is 0 Å². The lowest BCUT2D eigenvalue weighted by Gasteiger charge is -2.20. The van der Waals surface area contributed by atoms with Gasteiger partial charge in [0.15, 0.2) is 0 Å². The molecule has 2 rings (SSSR count). The number of hydrogen-bond acceptors (Lipinski definition) is 3. The molecule has 0 unspecified atom stereocenters. The van der Waals surface area contributed by atoms with E-state index in [1.165, 1.54) is 20.0 Å². The first-order valence-corrected chi connectivity index (χ1v) is 7.78. The summed E-state index contributed by atoms with van der Waals surface area (Å²) in [6, 6.07) is 9.32. The van der Waals surface area contributed by atoms with Crippen molar-refractivity contribution in [1.29, 1.82) is 0 Å². The van der Waals surface area contributed by atoms with Crippen LogP contribution in [0.15, 0.2) is 41.3 Å². The molecule has 0 bridgehead atoms. The number of nitrogens with two attached hydrogens (primary N) is 1. The summed E-state index contributed by atoms with van der Waals surface area (Å²) in [5.74, 6) is -0.633. The number of benzene rings is 2. The zero-order valence-corrected chi connectivity index (χ0v) is 12.9. The number of aryl methyl sites for hydroxylation is 1. The predicted molar refractivity (Wildman–Crippen MR) is 82.3 cm³/mol. The molecule has 2 aromatic rings. The van der Waals surface area contributed by atoms with Crippen molar-refractivity contribution in [2.75, 3.05) is 17.1 Å². The zero-order chi connectivity index (χ0) is 15.8. The van der Waals surface area contributed by atoms with Crippen LogP contribution in [0.1, 0.15) is 11.1 Å². The van der Waals surface area contributed by atoms with E-state index in [2.05, 4.69) is 0 Å². The summed E-state index contributed by atoms with van der Waals surface area (Å²) < 4.78 is 40.0. The van der Waals surface area contributed by atoms with Gasteiger partial charge < -0.3 is 5.73 Å². The summed E-state index contributed by atoms with van der Waals surface area (Å²) in [6.07, 6.45) is 0. The Bertz CT molecular complexity index is 765. The van der Waals surface area contributed by atoms with Crippen molar-refractivity contribution in [3.63, 3.8) is 0 Å². The van der Waals surface area contributed by atoms with Crippen LogP contribution in [0, 0.1) is 19.7 Å². The van der Waals surface area contributed by atoms with Crippen molar-refractivity contribution in [3.8, 4) is 0 Å². The first-order valence-electron chi connectivity index (χ1n) is 6.34. The Morgan fingerprint density at radius 1 is 1.14 bits per heavy atom. The van der Waals surface area contributed by atoms with Crippen LogP contribution in [-0.2, 0) is 10.0 Å². The molecule has 0 aliphatic heterocycles. The van der Waals surface area contributed by atoms with Crippen molar-refractivity contribution in [2.45, 2.75) is 18.7 Å². The quantitative estimate of drug-likeness (QED) is 0.887. The van der Waals surface area contributed by atoms with E-state index in [1.54, 1.807) is 18.2 Å². The second-order valence-electron chi connectivity index (χ2n) is 4.93. The highest BCUT2D eigenvalue weighted by atomic mass is 32.2. The number of halogens is 1. The number of nitrogen functional groups attached to an aromatic ring is 1. The monoisotopic (exact) mass is 308 g/mol. The maximum atomic E-state index is 13.7. The molecule has 0 atom stereocenters. The molecule has 0 spiro atoms. The number of sulfonamides is 1. The highest BCUT2D eigenvalue weighted by Crippen LogP contribution is 2.26. The molecule has 0 heterocycles. The first-order chi connectivity index (χ1) is 9.73. The van der Waals surface area contributed by atoms with Gasteiger partial charge >= 0.3 is 0 Å². The van der Waals surface area contributed by atoms with Crippen molar-refractivity contribution in [3.05, 3.63) is 53.3 Å². The Kier molecular flexibility index (Phi) is 3.91. The van der Waals surface area contributed by atoms with Crippen LogP contribution in [0.2, 0.25) is 0 Å². The molecule has 4 nitrogen and oxygen atoms in total. The lowest BCUT2D eigenvalue weighted by Crippen LogP contribution is -2.26. The molecule has 0 saturated heterocycles. The molecule has 0 amide bonds. The third-order valence-corrected chi connectivity index (χ3v) is 5.14. The molecule has 0 saturated carbocycles. The minimum atomic E-state index is -3.86. The van der Waals surface area contributed by atoms with Gasteiger partial charge in [0.1, 0.15) is 5.82 Å². The zero-order valence-electron chi connectivity index (χ0n) is 12.1. The molecule has 6 heteroatoms. The summed E-state index contributed by atoms with van der Waals surface area (Å²) in [5.41, 5.74) is 7.46. The van der Waals surface area contributed by atoms with Gasteiger partial charge in [-0.2, -0.15) is 0 Å². The third kappa shape index (κ3) is 2.85. The average Bonchev–Trinajstić information content (AvgIpc) is 2.43. The minimum absolute atomic E-state index is 0.117. The molecule has 21 heavy (non-hydrogen) atoms. The molecule has 0 aliphatic rings. The van der Waals surface area contributed by atoms with Crippen LogP contribution in [0.3, 0.4) is 0 Å². The Morgan fingerprint density at radius 3 is 2.38 bits per heavy atom. The van der Waals surface area contributed by atoms with Gasteiger partial charge in [0.2, 0.25) is 0 Å². The van der Waals surface area contributed by atoms with Gasteiger partial charge in [0.25, 0.3) is 10.0 Å². The highest BCUT2D eigenvalue weighted by Gasteiger charge is 2.23. The number of hydrogen-bond donors (Lipinski definition) is 1. The molecule has 2 N–H and O–H groups in total. The summed E-state index contributed by atoms with van der Waals surface area (Å²) >= 11 is 0. The van der Waals surface area contributed by atoms with Gasteiger partial charge in [0.05, 0.1) is 10.6 Å². The molecule has 0 radical (unpaired) electrons. The summed E-state index contributed by atoms with van der Waals surface area (Å²) in [6.45, 7) is 3.37. The number of nitrogens with zero attached hydrogens (tertiary/aromatic N) is 1. The fraction of sp³-hybridized carbons (Fsp3) is 0.200. The normalized spacial score (nSPS) is 11.4. The summed E-state index contributed by atoms with van der Waals surface area (Å²) in [4.78, 5) is -0.160. The van der Waals surface area contributed by atoms with E-state index in [1.807, 2.05) is 13.0 Å². The van der Waals surface area contributed by atoms with Crippen LogP contribution < -0.4 is 10.0 Å². The van der Waals surface area contributed by atoms with E-state index < -0.39 is 15.8 Å². The Morgan fingerprint density at radius 2 is 1.81 bits per heavy atom. The van der Waals surface area contributed by atoms with E-state index >= 15 is 0 Å². The molecular formula is C15H17FN2O2S. The molecule has 0 aliphatic carbocycles. The lowest BCUT2D eigenvalue weighted by atomic mass is 10.2. The third-order valence-electron chi connectivity index (χ3n) is 3.38. The largest absolute Gasteiger partial charge is 0.398 e. The van der Waals surface area contributed by atoms with Crippen LogP contribution in [0.25, 0.3) is 0 Å². The van der Waals surface area contributed by atoms with Gasteiger partial charge in [-0.1, -0.05) is 12.1 Å². The average molecular weight is 308 g/mol. The maximum Gasteiger partial charge on any atom is 0.264 e. The number of anilines is 2. The van der Waals surface area contributed by atoms with Gasteiger partial charge in [0, 0.05) is 18.3 Å². The topological polar surface area (TPSA) is 63.4 Å². The van der Waals surface area contributed by atoms with Gasteiger partial charge in [-0.15, -0.1) is 0 Å². The van der Waals surface area contributed by atoms with Crippen LogP contribution in [0.4, 0.5) is 15.8 Å². The first kappa shape index (κ1) is 15.3. The standard InChI is InChI=1S/C15H17FN2O2S/c1-10-5-4-6-12(7-10)18(3)21(19,20)13-8-14(16)11(2)15(17)9-13/h4-9H,17H2,1-3H3. The maximum absolute atomic E-state index is 13.7. The lowest BCUT2D eigenvalue weighted by molar-refractivity contribution is 0.588. The molecule has 112 valence electrons. The predicted octanol–water partition coefficient (Wildman–Crippen LogP) is 2.85. The smallest absolute Gasteiger partial charge is 0.264 e. The van der Waals surface area contributed by atoms with Crippen LogP contribution in [0.5, 0.6) is 0 Å². The summed E-state index contributed by atoms with van der Waals surface area (Å²) in [5, 5.41) is 0. The molecule has 0 fully saturated rings. The van der Waals surface area contributed by atoms with E-state index in [0.29, 0.717) is 5.69 Å². The van der Waals surface area contributed by atoms with E-state index in [-0.39, 0.29) is 16.1 Å². The van der Waals surface area contributed by atoms with E-state index in [9.17, 15) is 12.8 Å². The minimum Gasteiger partial charge on any atom is -0.398 e. The number of rotatable bonds is 3. The molecule has 0 aromatic heterocycles. The van der Waals surface area contributed by atoms with Crippen molar-refractivity contribution < 1.29 is 12.8 Å². The highest BCUT2D eigenvalue weighted by molar-refractivity contribution is 7.92. The molecular weight excluding hydrogens is 291 g/mol. The fourth-order valence-electron chi connectivity index (χ4n) is 1.94. The fourth-order valence-corrected chi connectivity index (χ4v) is 3.18. The summed E-state index contributed by atoms with van der Waals surface area (Å²) in [7, 11) is -2.43. The second kappa shape index (κ2) is 5.37. The Hall–Kier alpha value is -2.08.